The van der Waals surface area contributed by atoms with E-state index < -0.39 is 5.60 Å². The number of rotatable bonds is 1. The van der Waals surface area contributed by atoms with Crippen LogP contribution in [0.2, 0.25) is 0 Å². The fourth-order valence-electron chi connectivity index (χ4n) is 1.71. The third kappa shape index (κ3) is 1.56. The summed E-state index contributed by atoms with van der Waals surface area (Å²) in [5, 5.41) is 11.1. The summed E-state index contributed by atoms with van der Waals surface area (Å²) in [6, 6.07) is 0. The summed E-state index contributed by atoms with van der Waals surface area (Å²) in [5.41, 5.74) is -1.10. The van der Waals surface area contributed by atoms with E-state index in [0.29, 0.717) is 26.0 Å². The van der Waals surface area contributed by atoms with Gasteiger partial charge in [-0.2, -0.15) is 0 Å². The van der Waals surface area contributed by atoms with Crippen molar-refractivity contribution in [1.29, 1.82) is 0 Å². The van der Waals surface area contributed by atoms with Crippen LogP contribution >= 0.6 is 0 Å². The summed E-state index contributed by atoms with van der Waals surface area (Å²) >= 11 is 0. The smallest absolute Gasteiger partial charge is 0.278 e. The molecule has 4 heteroatoms. The SMILES string of the molecule is O=C(N1CCCCO1)C1(O)CCC1. The van der Waals surface area contributed by atoms with Crippen molar-refractivity contribution in [3.63, 3.8) is 0 Å². The maximum Gasteiger partial charge on any atom is 0.278 e. The fourth-order valence-corrected chi connectivity index (χ4v) is 1.71. The van der Waals surface area contributed by atoms with Crippen LogP contribution < -0.4 is 0 Å². The lowest BCUT2D eigenvalue weighted by Gasteiger charge is -2.39. The zero-order chi connectivity index (χ0) is 9.31. The molecule has 4 nitrogen and oxygen atoms in total. The molecule has 1 aliphatic heterocycles. The third-order valence-electron chi connectivity index (χ3n) is 2.81. The van der Waals surface area contributed by atoms with Crippen LogP contribution in [0.1, 0.15) is 32.1 Å². The van der Waals surface area contributed by atoms with Crippen molar-refractivity contribution >= 4 is 5.91 Å². The van der Waals surface area contributed by atoms with Gasteiger partial charge in [0.15, 0.2) is 0 Å². The third-order valence-corrected chi connectivity index (χ3v) is 2.81. The van der Waals surface area contributed by atoms with Crippen molar-refractivity contribution in [1.82, 2.24) is 5.06 Å². The van der Waals surface area contributed by atoms with Crippen molar-refractivity contribution in [2.24, 2.45) is 0 Å². The lowest BCUT2D eigenvalue weighted by molar-refractivity contribution is -0.220. The second-order valence-electron chi connectivity index (χ2n) is 3.83. The van der Waals surface area contributed by atoms with E-state index in [1.54, 1.807) is 0 Å². The molecule has 1 saturated heterocycles. The highest BCUT2D eigenvalue weighted by molar-refractivity contribution is 5.85. The Labute approximate surface area is 77.4 Å². The summed E-state index contributed by atoms with van der Waals surface area (Å²) < 4.78 is 0. The van der Waals surface area contributed by atoms with Gasteiger partial charge in [0.1, 0.15) is 5.60 Å². The van der Waals surface area contributed by atoms with Gasteiger partial charge in [0.25, 0.3) is 5.91 Å². The van der Waals surface area contributed by atoms with Gasteiger partial charge in [-0.05, 0) is 32.1 Å². The van der Waals surface area contributed by atoms with Crippen LogP contribution in [-0.4, -0.2) is 34.8 Å². The highest BCUT2D eigenvalue weighted by Crippen LogP contribution is 2.33. The van der Waals surface area contributed by atoms with Crippen LogP contribution in [0.3, 0.4) is 0 Å². The molecule has 2 fully saturated rings. The van der Waals surface area contributed by atoms with E-state index in [-0.39, 0.29) is 5.91 Å². The van der Waals surface area contributed by atoms with Crippen LogP contribution in [0, 0.1) is 0 Å². The number of hydrogen-bond acceptors (Lipinski definition) is 3. The molecule has 0 spiro atoms. The van der Waals surface area contributed by atoms with Crippen molar-refractivity contribution < 1.29 is 14.7 Å². The Hall–Kier alpha value is -0.610. The zero-order valence-corrected chi connectivity index (χ0v) is 7.66. The van der Waals surface area contributed by atoms with E-state index in [1.807, 2.05) is 0 Å². The Morgan fingerprint density at radius 2 is 2.08 bits per heavy atom. The van der Waals surface area contributed by atoms with Gasteiger partial charge in [-0.1, -0.05) is 0 Å². The number of carbonyl (C=O) groups is 1. The van der Waals surface area contributed by atoms with Gasteiger partial charge in [0, 0.05) is 6.54 Å². The summed E-state index contributed by atoms with van der Waals surface area (Å²) in [7, 11) is 0. The van der Waals surface area contributed by atoms with Gasteiger partial charge in [0.2, 0.25) is 0 Å². The second kappa shape index (κ2) is 3.27. The fraction of sp³-hybridized carbons (Fsp3) is 0.889. The summed E-state index contributed by atoms with van der Waals surface area (Å²) in [6.45, 7) is 1.23. The Kier molecular flexibility index (Phi) is 2.26. The molecule has 0 radical (unpaired) electrons. The molecule has 1 amide bonds. The van der Waals surface area contributed by atoms with Crippen molar-refractivity contribution in [2.45, 2.75) is 37.7 Å². The predicted molar refractivity (Wildman–Crippen MR) is 45.7 cm³/mol. The number of aliphatic hydroxyl groups is 1. The zero-order valence-electron chi connectivity index (χ0n) is 7.66. The first kappa shape index (κ1) is 8.97. The van der Waals surface area contributed by atoms with E-state index >= 15 is 0 Å². The number of carbonyl (C=O) groups excluding carboxylic acids is 1. The molecule has 2 rings (SSSR count). The van der Waals surface area contributed by atoms with Crippen LogP contribution in [0.5, 0.6) is 0 Å². The quantitative estimate of drug-likeness (QED) is 0.645. The Bertz CT molecular complexity index is 207. The van der Waals surface area contributed by atoms with Crippen LogP contribution in [0.25, 0.3) is 0 Å². The standard InChI is InChI=1S/C9H15NO3/c11-8(9(12)4-3-5-9)10-6-1-2-7-13-10/h12H,1-7H2. The predicted octanol–water partition coefficient (Wildman–Crippen LogP) is 0.455. The maximum absolute atomic E-state index is 11.7. The second-order valence-corrected chi connectivity index (χ2v) is 3.83. The number of hydrogen-bond donors (Lipinski definition) is 1. The van der Waals surface area contributed by atoms with E-state index in [2.05, 4.69) is 0 Å². The molecule has 0 aromatic heterocycles. The average Bonchev–Trinajstić information content (AvgIpc) is 2.14. The van der Waals surface area contributed by atoms with E-state index in [1.165, 1.54) is 5.06 Å². The minimum absolute atomic E-state index is 0.238. The minimum atomic E-state index is -1.10. The molecule has 0 aromatic carbocycles. The molecule has 0 atom stereocenters. The van der Waals surface area contributed by atoms with E-state index in [9.17, 15) is 9.90 Å². The molecule has 1 heterocycles. The Morgan fingerprint density at radius 1 is 1.31 bits per heavy atom. The van der Waals surface area contributed by atoms with E-state index in [0.717, 1.165) is 19.3 Å². The lowest BCUT2D eigenvalue weighted by Crippen LogP contribution is -2.54. The largest absolute Gasteiger partial charge is 0.380 e. The summed E-state index contributed by atoms with van der Waals surface area (Å²) in [5.74, 6) is -0.238. The monoisotopic (exact) mass is 185 g/mol. The Balaban J connectivity index is 1.95. The van der Waals surface area contributed by atoms with E-state index in [4.69, 9.17) is 4.84 Å². The first-order valence-electron chi connectivity index (χ1n) is 4.90. The van der Waals surface area contributed by atoms with Gasteiger partial charge in [-0.15, -0.1) is 0 Å². The minimum Gasteiger partial charge on any atom is -0.380 e. The summed E-state index contributed by atoms with van der Waals surface area (Å²) in [4.78, 5) is 16.8. The molecular weight excluding hydrogens is 170 g/mol. The maximum atomic E-state index is 11.7. The highest BCUT2D eigenvalue weighted by Gasteiger charge is 2.45. The first-order chi connectivity index (χ1) is 6.22. The molecule has 74 valence electrons. The van der Waals surface area contributed by atoms with Crippen LogP contribution in [-0.2, 0) is 9.63 Å². The normalized spacial score (nSPS) is 26.7. The topological polar surface area (TPSA) is 49.8 Å². The van der Waals surface area contributed by atoms with Gasteiger partial charge < -0.3 is 5.11 Å². The number of nitrogens with zero attached hydrogens (tertiary/aromatic N) is 1. The molecule has 1 aliphatic carbocycles. The molecule has 0 unspecified atom stereocenters. The molecular formula is C9H15NO3. The van der Waals surface area contributed by atoms with Gasteiger partial charge in [-0.3, -0.25) is 9.63 Å². The average molecular weight is 185 g/mol. The lowest BCUT2D eigenvalue weighted by atomic mass is 9.79. The molecule has 13 heavy (non-hydrogen) atoms. The highest BCUT2D eigenvalue weighted by atomic mass is 16.7. The van der Waals surface area contributed by atoms with Crippen LogP contribution in [0.4, 0.5) is 0 Å². The molecule has 1 saturated carbocycles. The van der Waals surface area contributed by atoms with Crippen molar-refractivity contribution in [2.75, 3.05) is 13.2 Å². The number of hydroxylamine groups is 2. The molecule has 1 N–H and O–H groups in total. The number of amides is 1. The van der Waals surface area contributed by atoms with Crippen molar-refractivity contribution in [3.05, 3.63) is 0 Å². The van der Waals surface area contributed by atoms with Crippen molar-refractivity contribution in [3.8, 4) is 0 Å². The summed E-state index contributed by atoms with van der Waals surface area (Å²) in [6.07, 6.45) is 4.09. The molecule has 0 bridgehead atoms. The van der Waals surface area contributed by atoms with Crippen LogP contribution in [0.15, 0.2) is 0 Å². The van der Waals surface area contributed by atoms with Gasteiger partial charge in [-0.25, -0.2) is 5.06 Å². The molecule has 2 aliphatic rings. The van der Waals surface area contributed by atoms with Gasteiger partial charge in [0.05, 0.1) is 6.61 Å². The van der Waals surface area contributed by atoms with Gasteiger partial charge >= 0.3 is 0 Å². The molecule has 0 aromatic rings. The first-order valence-corrected chi connectivity index (χ1v) is 4.90. The Morgan fingerprint density at radius 3 is 2.54 bits per heavy atom.